The number of ether oxygens (including phenoxy) is 2. The Morgan fingerprint density at radius 3 is 2.81 bits per heavy atom. The molecule has 1 aliphatic heterocycles. The number of carbonyl (C=O) groups is 1. The Labute approximate surface area is 94.6 Å². The average Bonchev–Trinajstić information content (AvgIpc) is 2.27. The molecule has 0 fully saturated rings. The summed E-state index contributed by atoms with van der Waals surface area (Å²) in [5.41, 5.74) is 0.533. The zero-order valence-corrected chi connectivity index (χ0v) is 9.45. The van der Waals surface area contributed by atoms with Crippen molar-refractivity contribution in [1.29, 1.82) is 0 Å². The maximum absolute atomic E-state index is 11.9. The zero-order valence-electron chi connectivity index (χ0n) is 9.45. The second kappa shape index (κ2) is 4.43. The molecule has 0 saturated carbocycles. The van der Waals surface area contributed by atoms with Gasteiger partial charge in [0.1, 0.15) is 13.2 Å². The van der Waals surface area contributed by atoms with E-state index in [9.17, 15) is 4.79 Å². The molecule has 0 radical (unpaired) electrons. The van der Waals surface area contributed by atoms with Crippen LogP contribution in [0.1, 0.15) is 24.2 Å². The topological polar surface area (TPSA) is 47.6 Å². The first kappa shape index (κ1) is 10.8. The molecule has 0 spiro atoms. The van der Waals surface area contributed by atoms with E-state index >= 15 is 0 Å². The van der Waals surface area contributed by atoms with Crippen LogP contribution in [0.3, 0.4) is 0 Å². The molecule has 2 rings (SSSR count). The fourth-order valence-corrected chi connectivity index (χ4v) is 1.59. The van der Waals surface area contributed by atoms with Crippen molar-refractivity contribution in [2.45, 2.75) is 19.9 Å². The standard InChI is InChI=1S/C12H15NO3/c1-8(2)13-12(14)9-4-3-5-10-11(9)16-7-6-15-10/h3-5,8H,6-7H2,1-2H3,(H,13,14). The second-order valence-corrected chi connectivity index (χ2v) is 3.96. The molecule has 4 nitrogen and oxygen atoms in total. The van der Waals surface area contributed by atoms with Crippen LogP contribution in [0.15, 0.2) is 18.2 Å². The number of carbonyl (C=O) groups excluding carboxylic acids is 1. The minimum Gasteiger partial charge on any atom is -0.486 e. The minimum atomic E-state index is -0.127. The number of amides is 1. The highest BCUT2D eigenvalue weighted by molar-refractivity contribution is 5.98. The molecule has 1 aliphatic rings. The molecule has 0 saturated heterocycles. The number of hydrogen-bond acceptors (Lipinski definition) is 3. The summed E-state index contributed by atoms with van der Waals surface area (Å²) >= 11 is 0. The fraction of sp³-hybridized carbons (Fsp3) is 0.417. The van der Waals surface area contributed by atoms with Crippen molar-refractivity contribution < 1.29 is 14.3 Å². The second-order valence-electron chi connectivity index (χ2n) is 3.96. The van der Waals surface area contributed by atoms with Crippen LogP contribution >= 0.6 is 0 Å². The molecule has 1 aromatic rings. The predicted molar refractivity (Wildman–Crippen MR) is 60.0 cm³/mol. The van der Waals surface area contributed by atoms with E-state index in [1.165, 1.54) is 0 Å². The van der Waals surface area contributed by atoms with Crippen molar-refractivity contribution in [3.05, 3.63) is 23.8 Å². The van der Waals surface area contributed by atoms with E-state index in [1.54, 1.807) is 18.2 Å². The van der Waals surface area contributed by atoms with Crippen LogP contribution in [0.4, 0.5) is 0 Å². The van der Waals surface area contributed by atoms with Gasteiger partial charge in [0.25, 0.3) is 5.91 Å². The largest absolute Gasteiger partial charge is 0.486 e. The normalized spacial score (nSPS) is 13.7. The van der Waals surface area contributed by atoms with Gasteiger partial charge in [0.05, 0.1) is 5.56 Å². The van der Waals surface area contributed by atoms with Crippen molar-refractivity contribution in [1.82, 2.24) is 5.32 Å². The van der Waals surface area contributed by atoms with Gasteiger partial charge in [-0.15, -0.1) is 0 Å². The Hall–Kier alpha value is -1.71. The smallest absolute Gasteiger partial charge is 0.255 e. The Kier molecular flexibility index (Phi) is 2.99. The van der Waals surface area contributed by atoms with Crippen molar-refractivity contribution in [2.24, 2.45) is 0 Å². The fourth-order valence-electron chi connectivity index (χ4n) is 1.59. The molecule has 86 valence electrons. The van der Waals surface area contributed by atoms with Gasteiger partial charge in [-0.25, -0.2) is 0 Å². The lowest BCUT2D eigenvalue weighted by Gasteiger charge is -2.20. The first-order chi connectivity index (χ1) is 7.68. The molecule has 16 heavy (non-hydrogen) atoms. The van der Waals surface area contributed by atoms with Gasteiger partial charge in [0.2, 0.25) is 0 Å². The molecule has 0 aliphatic carbocycles. The highest BCUT2D eigenvalue weighted by Crippen LogP contribution is 2.33. The third-order valence-corrected chi connectivity index (χ3v) is 2.23. The molecule has 0 bridgehead atoms. The van der Waals surface area contributed by atoms with Gasteiger partial charge in [-0.05, 0) is 26.0 Å². The van der Waals surface area contributed by atoms with Gasteiger partial charge in [0, 0.05) is 6.04 Å². The van der Waals surface area contributed by atoms with Gasteiger partial charge < -0.3 is 14.8 Å². The molecular formula is C12H15NO3. The lowest BCUT2D eigenvalue weighted by molar-refractivity contribution is 0.0932. The number of hydrogen-bond donors (Lipinski definition) is 1. The summed E-state index contributed by atoms with van der Waals surface area (Å²) in [5.74, 6) is 1.06. The lowest BCUT2D eigenvalue weighted by Crippen LogP contribution is -2.31. The van der Waals surface area contributed by atoms with Crippen molar-refractivity contribution in [3.63, 3.8) is 0 Å². The Balaban J connectivity index is 2.30. The summed E-state index contributed by atoms with van der Waals surface area (Å²) in [7, 11) is 0. The van der Waals surface area contributed by atoms with Crippen molar-refractivity contribution in [3.8, 4) is 11.5 Å². The van der Waals surface area contributed by atoms with Crippen LogP contribution in [0.2, 0.25) is 0 Å². The Bertz CT molecular complexity index is 401. The summed E-state index contributed by atoms with van der Waals surface area (Å²) in [5, 5.41) is 2.83. The molecule has 1 amide bonds. The maximum atomic E-state index is 11.9. The molecule has 0 unspecified atom stereocenters. The van der Waals surface area contributed by atoms with Gasteiger partial charge in [-0.1, -0.05) is 6.07 Å². The summed E-state index contributed by atoms with van der Waals surface area (Å²) in [6, 6.07) is 5.45. The van der Waals surface area contributed by atoms with Crippen LogP contribution in [0, 0.1) is 0 Å². The van der Waals surface area contributed by atoms with Gasteiger partial charge in [-0.3, -0.25) is 4.79 Å². The molecule has 1 aromatic carbocycles. The maximum Gasteiger partial charge on any atom is 0.255 e. The van der Waals surface area contributed by atoms with E-state index in [4.69, 9.17) is 9.47 Å². The molecule has 0 aromatic heterocycles. The van der Waals surface area contributed by atoms with Crippen LogP contribution in [0.25, 0.3) is 0 Å². The van der Waals surface area contributed by atoms with Gasteiger partial charge in [0.15, 0.2) is 11.5 Å². The first-order valence-corrected chi connectivity index (χ1v) is 5.38. The number of benzene rings is 1. The lowest BCUT2D eigenvalue weighted by atomic mass is 10.1. The number of nitrogens with one attached hydrogen (secondary N) is 1. The first-order valence-electron chi connectivity index (χ1n) is 5.38. The van der Waals surface area contributed by atoms with Gasteiger partial charge >= 0.3 is 0 Å². The third-order valence-electron chi connectivity index (χ3n) is 2.23. The quantitative estimate of drug-likeness (QED) is 0.825. The van der Waals surface area contributed by atoms with E-state index in [1.807, 2.05) is 13.8 Å². The monoisotopic (exact) mass is 221 g/mol. The molecule has 0 atom stereocenters. The van der Waals surface area contributed by atoms with E-state index in [-0.39, 0.29) is 11.9 Å². The molecule has 1 N–H and O–H groups in total. The van der Waals surface area contributed by atoms with Crippen LogP contribution in [-0.4, -0.2) is 25.2 Å². The molecular weight excluding hydrogens is 206 g/mol. The van der Waals surface area contributed by atoms with E-state index < -0.39 is 0 Å². The zero-order chi connectivity index (χ0) is 11.5. The number of para-hydroxylation sites is 1. The molecule has 4 heteroatoms. The van der Waals surface area contributed by atoms with Gasteiger partial charge in [-0.2, -0.15) is 0 Å². The van der Waals surface area contributed by atoms with Crippen LogP contribution in [-0.2, 0) is 0 Å². The third kappa shape index (κ3) is 2.10. The summed E-state index contributed by atoms with van der Waals surface area (Å²) in [6.45, 7) is 4.86. The van der Waals surface area contributed by atoms with Crippen molar-refractivity contribution in [2.75, 3.05) is 13.2 Å². The van der Waals surface area contributed by atoms with E-state index in [0.717, 1.165) is 0 Å². The highest BCUT2D eigenvalue weighted by Gasteiger charge is 2.20. The Morgan fingerprint density at radius 1 is 1.31 bits per heavy atom. The Morgan fingerprint density at radius 2 is 2.06 bits per heavy atom. The summed E-state index contributed by atoms with van der Waals surface area (Å²) in [4.78, 5) is 11.9. The number of fused-ring (bicyclic) bond motifs is 1. The van der Waals surface area contributed by atoms with Crippen LogP contribution < -0.4 is 14.8 Å². The van der Waals surface area contributed by atoms with E-state index in [0.29, 0.717) is 30.3 Å². The summed E-state index contributed by atoms with van der Waals surface area (Å²) in [6.07, 6.45) is 0. The average molecular weight is 221 g/mol. The minimum absolute atomic E-state index is 0.105. The van der Waals surface area contributed by atoms with Crippen LogP contribution in [0.5, 0.6) is 11.5 Å². The van der Waals surface area contributed by atoms with E-state index in [2.05, 4.69) is 5.32 Å². The summed E-state index contributed by atoms with van der Waals surface area (Å²) < 4.78 is 10.9. The predicted octanol–water partition coefficient (Wildman–Crippen LogP) is 1.60. The number of rotatable bonds is 2. The highest BCUT2D eigenvalue weighted by atomic mass is 16.6. The SMILES string of the molecule is CC(C)NC(=O)c1cccc2c1OCCO2. The molecule has 1 heterocycles. The van der Waals surface area contributed by atoms with Crippen molar-refractivity contribution >= 4 is 5.91 Å².